The normalized spacial score (nSPS) is 20.7. The third-order valence-electron chi connectivity index (χ3n) is 13.7. The number of benzene rings is 2. The number of ether oxygens (including phenoxy) is 6. The van der Waals surface area contributed by atoms with Gasteiger partial charge in [0.2, 0.25) is 11.9 Å². The number of nitrogens with one attached hydrogen (secondary N) is 2. The Labute approximate surface area is 424 Å². The van der Waals surface area contributed by atoms with Crippen LogP contribution in [0.1, 0.15) is 48.4 Å². The zero-order valence-corrected chi connectivity index (χ0v) is 42.0. The van der Waals surface area contributed by atoms with E-state index in [-0.39, 0.29) is 69.1 Å². The lowest BCUT2D eigenvalue weighted by Crippen LogP contribution is -2.46. The van der Waals surface area contributed by atoms with E-state index >= 15 is 0 Å². The summed E-state index contributed by atoms with van der Waals surface area (Å²) in [5.74, 6) is 2.46. The van der Waals surface area contributed by atoms with Crippen LogP contribution in [0.2, 0.25) is 0 Å². The molecule has 384 valence electrons. The van der Waals surface area contributed by atoms with E-state index in [4.69, 9.17) is 58.3 Å². The fraction of sp³-hybridized carbons (Fsp3) is 0.472. The highest BCUT2D eigenvalue weighted by atomic mass is 16.7. The highest BCUT2D eigenvalue weighted by Crippen LogP contribution is 2.34. The van der Waals surface area contributed by atoms with Gasteiger partial charge >= 0.3 is 0 Å². The smallest absolute Gasteiger partial charge is 0.251 e. The minimum absolute atomic E-state index is 0.00173. The number of amides is 2. The van der Waals surface area contributed by atoms with Gasteiger partial charge in [0.1, 0.15) is 18.4 Å². The summed E-state index contributed by atoms with van der Waals surface area (Å²) in [6.07, 6.45) is 0. The number of aromatic nitrogens is 6. The van der Waals surface area contributed by atoms with Crippen LogP contribution >= 0.6 is 0 Å². The van der Waals surface area contributed by atoms with E-state index in [1.54, 1.807) is 12.1 Å². The van der Waals surface area contributed by atoms with E-state index in [2.05, 4.69) is 57.9 Å². The summed E-state index contributed by atoms with van der Waals surface area (Å²) < 4.78 is 34.2. The molecular weight excluding hydrogens is 933 g/mol. The third-order valence-corrected chi connectivity index (χ3v) is 13.7. The molecule has 4 fully saturated rings. The first-order valence-corrected chi connectivity index (χ1v) is 25.4. The monoisotopic (exact) mass is 996 g/mol. The second kappa shape index (κ2) is 23.0. The number of fused-ring (bicyclic) bond motifs is 2. The van der Waals surface area contributed by atoms with Crippen LogP contribution < -0.4 is 30.2 Å². The molecule has 0 unspecified atom stereocenters. The molecular formula is C53H64N12O8. The van der Waals surface area contributed by atoms with E-state index < -0.39 is 0 Å². The van der Waals surface area contributed by atoms with Crippen LogP contribution in [0.25, 0.3) is 44.6 Å². The molecule has 6 aromatic rings. The Morgan fingerprint density at radius 1 is 0.521 bits per heavy atom. The van der Waals surface area contributed by atoms with Gasteiger partial charge in [-0.1, -0.05) is 24.3 Å². The van der Waals surface area contributed by atoms with E-state index in [0.717, 1.165) is 46.6 Å². The number of carbonyl (C=O) groups is 2. The lowest BCUT2D eigenvalue weighted by molar-refractivity contribution is -0.0505. The van der Waals surface area contributed by atoms with Crippen LogP contribution in [0.4, 0.5) is 23.5 Å². The van der Waals surface area contributed by atoms with Gasteiger partial charge in [-0.3, -0.25) is 9.59 Å². The van der Waals surface area contributed by atoms with Crippen molar-refractivity contribution in [2.75, 3.05) is 132 Å². The molecule has 20 nitrogen and oxygen atoms in total. The van der Waals surface area contributed by atoms with E-state index in [0.29, 0.717) is 112 Å². The van der Waals surface area contributed by atoms with Crippen LogP contribution in [0.3, 0.4) is 0 Å². The van der Waals surface area contributed by atoms with Gasteiger partial charge in [-0.05, 0) is 76.2 Å². The molecule has 73 heavy (non-hydrogen) atoms. The van der Waals surface area contributed by atoms with Crippen molar-refractivity contribution in [3.05, 3.63) is 83.9 Å². The predicted octanol–water partition coefficient (Wildman–Crippen LogP) is 4.75. The zero-order valence-electron chi connectivity index (χ0n) is 42.0. The van der Waals surface area contributed by atoms with Gasteiger partial charge in [0.05, 0.1) is 112 Å². The fourth-order valence-corrected chi connectivity index (χ4v) is 9.61. The van der Waals surface area contributed by atoms with Crippen molar-refractivity contribution in [2.45, 2.75) is 51.9 Å². The summed E-state index contributed by atoms with van der Waals surface area (Å²) in [6, 6.07) is 23.2. The maximum atomic E-state index is 13.3. The molecule has 0 bridgehead atoms. The van der Waals surface area contributed by atoms with Crippen molar-refractivity contribution < 1.29 is 38.0 Å². The molecule has 0 spiro atoms. The average molecular weight is 997 g/mol. The Morgan fingerprint density at radius 2 is 0.918 bits per heavy atom. The van der Waals surface area contributed by atoms with Crippen LogP contribution in [-0.4, -0.2) is 178 Å². The minimum Gasteiger partial charge on any atom is -0.377 e. The molecule has 4 atom stereocenters. The maximum absolute atomic E-state index is 13.3. The summed E-state index contributed by atoms with van der Waals surface area (Å²) in [5, 5.41) is 7.58. The Kier molecular flexibility index (Phi) is 15.7. The Bertz CT molecular complexity index is 2720. The second-order valence-corrected chi connectivity index (χ2v) is 18.9. The third kappa shape index (κ3) is 11.4. The van der Waals surface area contributed by atoms with Gasteiger partial charge in [-0.15, -0.1) is 0 Å². The first kappa shape index (κ1) is 49.9. The molecule has 4 aliphatic rings. The molecule has 20 heteroatoms. The molecule has 0 aliphatic carbocycles. The lowest BCUT2D eigenvalue weighted by Gasteiger charge is -2.37. The Balaban J connectivity index is 0.702. The van der Waals surface area contributed by atoms with Crippen LogP contribution in [-0.2, 0) is 28.4 Å². The zero-order chi connectivity index (χ0) is 50.3. The molecule has 8 heterocycles. The highest BCUT2D eigenvalue weighted by Gasteiger charge is 2.30. The van der Waals surface area contributed by atoms with E-state index in [1.807, 2.05) is 60.7 Å². The Morgan fingerprint density at radius 3 is 1.32 bits per heavy atom. The van der Waals surface area contributed by atoms with Gasteiger partial charge in [0.15, 0.2) is 11.3 Å². The number of anilines is 4. The molecule has 4 saturated heterocycles. The van der Waals surface area contributed by atoms with Gasteiger partial charge in [-0.2, -0.15) is 19.9 Å². The van der Waals surface area contributed by atoms with Crippen LogP contribution in [0.15, 0.2) is 72.8 Å². The lowest BCUT2D eigenvalue weighted by atomic mass is 10.1. The number of pyridine rings is 2. The number of nitrogens with zero attached hydrogens (tertiary/aromatic N) is 10. The standard InChI is InChI=1S/C53H64N12O8/c1-34-29-68-23-17-62(34)48-42-11-13-44(56-46(42)58-52(60-48)64-19-25-70-31-36(64)3)38-7-5-9-40(27-38)50(66)54-15-21-72-33-73-22-16-55-51(67)41-10-6-8-39(28-41)45-14-12-43-47(57-45)59-53(65-20-26-71-32-37(65)4)61-49(43)63-18-24-69-30-35(63)2/h5-14,27-28,34-37H,15-26,29-33H2,1-4H3,(H,54,66)(H,55,67)/t34-,35+,36-,37+. The van der Waals surface area contributed by atoms with E-state index in [9.17, 15) is 9.59 Å². The summed E-state index contributed by atoms with van der Waals surface area (Å²) >= 11 is 0. The van der Waals surface area contributed by atoms with Crippen molar-refractivity contribution in [3.63, 3.8) is 0 Å². The summed E-state index contributed by atoms with van der Waals surface area (Å²) in [4.78, 5) is 65.7. The topological polar surface area (TPSA) is 204 Å². The van der Waals surface area contributed by atoms with Crippen molar-refractivity contribution in [2.24, 2.45) is 0 Å². The second-order valence-electron chi connectivity index (χ2n) is 18.9. The molecule has 0 radical (unpaired) electrons. The minimum atomic E-state index is -0.237. The molecule has 0 saturated carbocycles. The Hall–Kier alpha value is -6.68. The van der Waals surface area contributed by atoms with Crippen LogP contribution in [0.5, 0.6) is 0 Å². The van der Waals surface area contributed by atoms with Crippen molar-refractivity contribution in [1.29, 1.82) is 0 Å². The number of carbonyl (C=O) groups excluding carboxylic acids is 2. The number of hydrogen-bond donors (Lipinski definition) is 2. The maximum Gasteiger partial charge on any atom is 0.251 e. The van der Waals surface area contributed by atoms with Crippen molar-refractivity contribution in [3.8, 4) is 22.5 Å². The predicted molar refractivity (Wildman–Crippen MR) is 277 cm³/mol. The average Bonchev–Trinajstić information content (AvgIpc) is 3.42. The van der Waals surface area contributed by atoms with Gasteiger partial charge in [0, 0.05) is 61.5 Å². The molecule has 2 N–H and O–H groups in total. The first-order chi connectivity index (χ1) is 35.7. The number of rotatable bonds is 16. The van der Waals surface area contributed by atoms with Crippen molar-refractivity contribution in [1.82, 2.24) is 40.5 Å². The fourth-order valence-electron chi connectivity index (χ4n) is 9.61. The highest BCUT2D eigenvalue weighted by molar-refractivity contribution is 5.97. The molecule has 4 aliphatic heterocycles. The largest absolute Gasteiger partial charge is 0.377 e. The number of hydrogen-bond acceptors (Lipinski definition) is 18. The summed E-state index contributed by atoms with van der Waals surface area (Å²) in [6.45, 7) is 17.2. The first-order valence-electron chi connectivity index (χ1n) is 25.4. The quantitative estimate of drug-likeness (QED) is 0.0992. The van der Waals surface area contributed by atoms with Gasteiger partial charge < -0.3 is 58.7 Å². The summed E-state index contributed by atoms with van der Waals surface area (Å²) in [5.41, 5.74) is 5.14. The molecule has 10 rings (SSSR count). The number of morpholine rings is 4. The van der Waals surface area contributed by atoms with Crippen LogP contribution in [0, 0.1) is 0 Å². The molecule has 4 aromatic heterocycles. The summed E-state index contributed by atoms with van der Waals surface area (Å²) in [7, 11) is 0. The molecule has 2 aromatic carbocycles. The van der Waals surface area contributed by atoms with Gasteiger partial charge in [-0.25, -0.2) is 9.97 Å². The SMILES string of the molecule is C[C@@H]1COCCN1c1nc(N2CCOC[C@H]2C)c2ccc(-c3cccc(C(=O)NCCOCOCCNC(=O)c4cccc(-c5ccc6c(N7CCOC[C@@H]7C)nc(N7CCOC[C@@H]7C)nc6n5)c4)c3)nc2n1. The molecule has 2 amide bonds. The van der Waals surface area contributed by atoms with E-state index in [1.165, 1.54) is 0 Å². The van der Waals surface area contributed by atoms with Gasteiger partial charge in [0.25, 0.3) is 11.8 Å². The van der Waals surface area contributed by atoms with Crippen molar-refractivity contribution >= 4 is 57.4 Å².